The molecule has 0 aromatic rings. The smallest absolute Gasteiger partial charge is 0.306 e. The average Bonchev–Trinajstić information content (AvgIpc) is 2.84. The molecule has 1 saturated heterocycles. The summed E-state index contributed by atoms with van der Waals surface area (Å²) in [6.07, 6.45) is 4.26. The van der Waals surface area contributed by atoms with Crippen molar-refractivity contribution in [2.75, 3.05) is 6.61 Å². The van der Waals surface area contributed by atoms with E-state index in [2.05, 4.69) is 6.92 Å². The van der Waals surface area contributed by atoms with Crippen molar-refractivity contribution in [2.45, 2.75) is 58.2 Å². The lowest BCUT2D eigenvalue weighted by atomic mass is 9.83. The van der Waals surface area contributed by atoms with Gasteiger partial charge >= 0.3 is 5.97 Å². The van der Waals surface area contributed by atoms with Gasteiger partial charge in [0.25, 0.3) is 0 Å². The van der Waals surface area contributed by atoms with Crippen molar-refractivity contribution < 1.29 is 14.3 Å². The molecule has 2 aliphatic rings. The van der Waals surface area contributed by atoms with E-state index in [1.165, 1.54) is 0 Å². The first-order chi connectivity index (χ1) is 7.49. The SMILES string of the molecule is CC(C)CC(=O)OCC1CCC2(C)OC2C1. The van der Waals surface area contributed by atoms with Gasteiger partial charge in [-0.2, -0.15) is 0 Å². The summed E-state index contributed by atoms with van der Waals surface area (Å²) in [6.45, 7) is 6.83. The fourth-order valence-corrected chi connectivity index (χ4v) is 2.47. The predicted molar refractivity (Wildman–Crippen MR) is 61.0 cm³/mol. The Hall–Kier alpha value is -0.570. The molecule has 3 nitrogen and oxygen atoms in total. The number of rotatable bonds is 4. The Bertz CT molecular complexity index is 274. The molecule has 0 spiro atoms. The molecule has 0 radical (unpaired) electrons. The lowest BCUT2D eigenvalue weighted by molar-refractivity contribution is -0.146. The fourth-order valence-electron chi connectivity index (χ4n) is 2.47. The molecule has 0 aromatic heterocycles. The summed E-state index contributed by atoms with van der Waals surface area (Å²) >= 11 is 0. The van der Waals surface area contributed by atoms with Gasteiger partial charge in [0.1, 0.15) is 0 Å². The molecule has 1 aliphatic carbocycles. The Labute approximate surface area is 97.5 Å². The Balaban J connectivity index is 1.65. The molecular formula is C13H22O3. The highest BCUT2D eigenvalue weighted by molar-refractivity contribution is 5.69. The normalized spacial score (nSPS) is 37.0. The van der Waals surface area contributed by atoms with Crippen LogP contribution in [0.3, 0.4) is 0 Å². The monoisotopic (exact) mass is 226 g/mol. The van der Waals surface area contributed by atoms with Gasteiger partial charge in [-0.1, -0.05) is 13.8 Å². The molecule has 0 amide bonds. The predicted octanol–water partition coefficient (Wildman–Crippen LogP) is 2.53. The molecule has 0 bridgehead atoms. The van der Waals surface area contributed by atoms with Crippen LogP contribution in [-0.2, 0) is 14.3 Å². The third kappa shape index (κ3) is 2.76. The number of carbonyl (C=O) groups is 1. The number of hydrogen-bond donors (Lipinski definition) is 0. The minimum Gasteiger partial charge on any atom is -0.465 e. The summed E-state index contributed by atoms with van der Waals surface area (Å²) < 4.78 is 10.9. The fraction of sp³-hybridized carbons (Fsp3) is 0.923. The molecule has 1 saturated carbocycles. The van der Waals surface area contributed by atoms with E-state index in [1.54, 1.807) is 0 Å². The Kier molecular flexibility index (Phi) is 3.24. The molecule has 3 heteroatoms. The molecule has 3 unspecified atom stereocenters. The van der Waals surface area contributed by atoms with Gasteiger partial charge < -0.3 is 9.47 Å². The lowest BCUT2D eigenvalue weighted by Crippen LogP contribution is -2.25. The molecular weight excluding hydrogens is 204 g/mol. The van der Waals surface area contributed by atoms with E-state index in [1.807, 2.05) is 13.8 Å². The van der Waals surface area contributed by atoms with Crippen molar-refractivity contribution in [2.24, 2.45) is 11.8 Å². The van der Waals surface area contributed by atoms with Crippen LogP contribution in [0, 0.1) is 11.8 Å². The molecule has 0 N–H and O–H groups in total. The second-order valence-electron chi connectivity index (χ2n) is 5.84. The van der Waals surface area contributed by atoms with E-state index in [0.717, 1.165) is 19.3 Å². The quantitative estimate of drug-likeness (QED) is 0.546. The van der Waals surface area contributed by atoms with Gasteiger partial charge in [-0.05, 0) is 38.0 Å². The molecule has 0 aromatic carbocycles. The molecule has 1 aliphatic heterocycles. The number of carbonyl (C=O) groups excluding carboxylic acids is 1. The van der Waals surface area contributed by atoms with Crippen LogP contribution in [0.2, 0.25) is 0 Å². The summed E-state index contributed by atoms with van der Waals surface area (Å²) in [6, 6.07) is 0. The van der Waals surface area contributed by atoms with E-state index in [0.29, 0.717) is 31.0 Å². The summed E-state index contributed by atoms with van der Waals surface area (Å²) in [4.78, 5) is 11.4. The first-order valence-electron chi connectivity index (χ1n) is 6.33. The Morgan fingerprint density at radius 2 is 2.31 bits per heavy atom. The maximum absolute atomic E-state index is 11.4. The standard InChI is InChI=1S/C13H22O3/c1-9(2)6-12(14)15-8-10-4-5-13(3)11(7-10)16-13/h9-11H,4-8H2,1-3H3. The summed E-state index contributed by atoms with van der Waals surface area (Å²) in [5.41, 5.74) is 0.165. The van der Waals surface area contributed by atoms with Crippen molar-refractivity contribution in [3.63, 3.8) is 0 Å². The van der Waals surface area contributed by atoms with Gasteiger partial charge in [-0.15, -0.1) is 0 Å². The van der Waals surface area contributed by atoms with Crippen LogP contribution in [-0.4, -0.2) is 24.3 Å². The summed E-state index contributed by atoms with van der Waals surface area (Å²) in [5.74, 6) is 0.839. The van der Waals surface area contributed by atoms with E-state index in [-0.39, 0.29) is 11.6 Å². The second kappa shape index (κ2) is 4.36. The van der Waals surface area contributed by atoms with Crippen molar-refractivity contribution in [1.29, 1.82) is 0 Å². The molecule has 3 atom stereocenters. The van der Waals surface area contributed by atoms with Crippen LogP contribution in [0.15, 0.2) is 0 Å². The Morgan fingerprint density at radius 1 is 1.56 bits per heavy atom. The average molecular weight is 226 g/mol. The summed E-state index contributed by atoms with van der Waals surface area (Å²) in [5, 5.41) is 0. The zero-order valence-electron chi connectivity index (χ0n) is 10.5. The minimum atomic E-state index is -0.0555. The van der Waals surface area contributed by atoms with Crippen molar-refractivity contribution in [3.8, 4) is 0 Å². The topological polar surface area (TPSA) is 38.8 Å². The zero-order chi connectivity index (χ0) is 11.8. The highest BCUT2D eigenvalue weighted by atomic mass is 16.6. The van der Waals surface area contributed by atoms with Gasteiger partial charge in [0.2, 0.25) is 0 Å². The Morgan fingerprint density at radius 3 is 2.94 bits per heavy atom. The molecule has 92 valence electrons. The zero-order valence-corrected chi connectivity index (χ0v) is 10.5. The minimum absolute atomic E-state index is 0.0555. The van der Waals surface area contributed by atoms with Gasteiger partial charge in [0.05, 0.1) is 18.3 Å². The largest absolute Gasteiger partial charge is 0.465 e. The number of epoxide rings is 1. The van der Waals surface area contributed by atoms with Crippen LogP contribution >= 0.6 is 0 Å². The number of hydrogen-bond acceptors (Lipinski definition) is 3. The van der Waals surface area contributed by atoms with Gasteiger partial charge in [-0.3, -0.25) is 4.79 Å². The van der Waals surface area contributed by atoms with Gasteiger partial charge in [-0.25, -0.2) is 0 Å². The second-order valence-corrected chi connectivity index (χ2v) is 5.84. The van der Waals surface area contributed by atoms with Gasteiger partial charge in [0, 0.05) is 6.42 Å². The van der Waals surface area contributed by atoms with Crippen LogP contribution in [0.5, 0.6) is 0 Å². The van der Waals surface area contributed by atoms with Crippen molar-refractivity contribution >= 4 is 5.97 Å². The summed E-state index contributed by atoms with van der Waals surface area (Å²) in [7, 11) is 0. The number of esters is 1. The number of ether oxygens (including phenoxy) is 2. The van der Waals surface area contributed by atoms with Crippen molar-refractivity contribution in [1.82, 2.24) is 0 Å². The number of fused-ring (bicyclic) bond motifs is 1. The molecule has 2 fully saturated rings. The van der Waals surface area contributed by atoms with Crippen molar-refractivity contribution in [3.05, 3.63) is 0 Å². The maximum Gasteiger partial charge on any atom is 0.306 e. The van der Waals surface area contributed by atoms with Gasteiger partial charge in [0.15, 0.2) is 0 Å². The highest BCUT2D eigenvalue weighted by Gasteiger charge is 2.55. The van der Waals surface area contributed by atoms with Crippen LogP contribution in [0.4, 0.5) is 0 Å². The maximum atomic E-state index is 11.4. The molecule has 2 rings (SSSR count). The highest BCUT2D eigenvalue weighted by Crippen LogP contribution is 2.49. The first-order valence-corrected chi connectivity index (χ1v) is 6.33. The third-order valence-electron chi connectivity index (χ3n) is 3.69. The van der Waals surface area contributed by atoms with E-state index in [4.69, 9.17) is 9.47 Å². The van der Waals surface area contributed by atoms with E-state index in [9.17, 15) is 4.79 Å². The third-order valence-corrected chi connectivity index (χ3v) is 3.69. The van der Waals surface area contributed by atoms with E-state index < -0.39 is 0 Å². The first kappa shape index (κ1) is 11.9. The van der Waals surface area contributed by atoms with Crippen LogP contribution in [0.1, 0.15) is 46.5 Å². The van der Waals surface area contributed by atoms with E-state index >= 15 is 0 Å². The van der Waals surface area contributed by atoms with Crippen LogP contribution in [0.25, 0.3) is 0 Å². The molecule has 1 heterocycles. The lowest BCUT2D eigenvalue weighted by Gasteiger charge is -2.22. The van der Waals surface area contributed by atoms with Crippen LogP contribution < -0.4 is 0 Å². The molecule has 16 heavy (non-hydrogen) atoms.